The van der Waals surface area contributed by atoms with Gasteiger partial charge in [0.2, 0.25) is 5.91 Å². The normalized spacial score (nSPS) is 10.9. The number of hydrogen-bond acceptors (Lipinski definition) is 4. The Morgan fingerprint density at radius 3 is 2.54 bits per heavy atom. The predicted octanol–water partition coefficient (Wildman–Crippen LogP) is 1.28. The highest BCUT2D eigenvalue weighted by atomic mass is 16.3. The molecular formula is C18H23N3O3. The van der Waals surface area contributed by atoms with Gasteiger partial charge in [-0.1, -0.05) is 30.3 Å². The highest BCUT2D eigenvalue weighted by molar-refractivity contribution is 5.76. The molecule has 1 amide bonds. The molecule has 128 valence electrons. The summed E-state index contributed by atoms with van der Waals surface area (Å²) in [5.41, 5.74) is 1.50. The number of carbonyl (C=O) groups excluding carboxylic acids is 1. The summed E-state index contributed by atoms with van der Waals surface area (Å²) in [7, 11) is 0. The second-order valence-corrected chi connectivity index (χ2v) is 5.95. The summed E-state index contributed by atoms with van der Waals surface area (Å²) in [5.74, 6) is 0.212. The number of rotatable bonds is 6. The van der Waals surface area contributed by atoms with E-state index in [-0.39, 0.29) is 37.1 Å². The van der Waals surface area contributed by atoms with Crippen molar-refractivity contribution in [2.45, 2.75) is 39.8 Å². The summed E-state index contributed by atoms with van der Waals surface area (Å²) >= 11 is 0. The molecule has 0 radical (unpaired) electrons. The highest BCUT2D eigenvalue weighted by Gasteiger charge is 2.17. The molecule has 2 rings (SSSR count). The fourth-order valence-electron chi connectivity index (χ4n) is 2.57. The molecule has 0 aliphatic carbocycles. The molecule has 0 unspecified atom stereocenters. The standard InChI is InChI=1S/C18H23N3O3/c1-12(2)19-16(23)11-21-17(14-7-5-4-6-8-14)20-13(3)15(9-10-22)18(21)24/h4-8,12,22H,9-11H2,1-3H3,(H,19,23). The Hall–Kier alpha value is -2.47. The monoisotopic (exact) mass is 329 g/mol. The van der Waals surface area contributed by atoms with E-state index >= 15 is 0 Å². The topological polar surface area (TPSA) is 84.2 Å². The maximum absolute atomic E-state index is 12.8. The van der Waals surface area contributed by atoms with Crippen molar-refractivity contribution in [3.8, 4) is 11.4 Å². The summed E-state index contributed by atoms with van der Waals surface area (Å²) in [6.07, 6.45) is 0.221. The van der Waals surface area contributed by atoms with Gasteiger partial charge in [0.1, 0.15) is 12.4 Å². The maximum Gasteiger partial charge on any atom is 0.257 e. The van der Waals surface area contributed by atoms with E-state index in [0.717, 1.165) is 5.56 Å². The van der Waals surface area contributed by atoms with Gasteiger partial charge in [0.05, 0.1) is 0 Å². The first kappa shape index (κ1) is 17.9. The molecule has 0 saturated carbocycles. The molecule has 0 spiro atoms. The predicted molar refractivity (Wildman–Crippen MR) is 92.7 cm³/mol. The van der Waals surface area contributed by atoms with Crippen LogP contribution < -0.4 is 10.9 Å². The zero-order valence-electron chi connectivity index (χ0n) is 14.2. The largest absolute Gasteiger partial charge is 0.396 e. The second-order valence-electron chi connectivity index (χ2n) is 5.95. The third-order valence-corrected chi connectivity index (χ3v) is 3.61. The Morgan fingerprint density at radius 2 is 1.96 bits per heavy atom. The molecule has 6 heteroatoms. The van der Waals surface area contributed by atoms with Gasteiger partial charge in [0.25, 0.3) is 5.56 Å². The van der Waals surface area contributed by atoms with E-state index in [9.17, 15) is 14.7 Å². The lowest BCUT2D eigenvalue weighted by atomic mass is 10.1. The highest BCUT2D eigenvalue weighted by Crippen LogP contribution is 2.17. The minimum Gasteiger partial charge on any atom is -0.396 e. The van der Waals surface area contributed by atoms with Crippen molar-refractivity contribution in [1.29, 1.82) is 0 Å². The summed E-state index contributed by atoms with van der Waals surface area (Å²) in [5, 5.41) is 12.0. The molecule has 1 aromatic heterocycles. The maximum atomic E-state index is 12.8. The van der Waals surface area contributed by atoms with E-state index in [0.29, 0.717) is 17.1 Å². The number of hydrogen-bond donors (Lipinski definition) is 2. The van der Waals surface area contributed by atoms with E-state index in [2.05, 4.69) is 10.3 Å². The number of amides is 1. The van der Waals surface area contributed by atoms with Gasteiger partial charge in [-0.15, -0.1) is 0 Å². The summed E-state index contributed by atoms with van der Waals surface area (Å²) < 4.78 is 1.38. The van der Waals surface area contributed by atoms with E-state index in [4.69, 9.17) is 0 Å². The quantitative estimate of drug-likeness (QED) is 0.836. The minimum absolute atomic E-state index is 0.0105. The van der Waals surface area contributed by atoms with Crippen LogP contribution in [0.5, 0.6) is 0 Å². The lowest BCUT2D eigenvalue weighted by molar-refractivity contribution is -0.122. The number of carbonyl (C=O) groups is 1. The van der Waals surface area contributed by atoms with Crippen molar-refractivity contribution >= 4 is 5.91 Å². The smallest absolute Gasteiger partial charge is 0.257 e. The average Bonchev–Trinajstić information content (AvgIpc) is 2.54. The molecule has 1 aromatic carbocycles. The van der Waals surface area contributed by atoms with Crippen LogP contribution in [-0.4, -0.2) is 33.2 Å². The lowest BCUT2D eigenvalue weighted by Crippen LogP contribution is -2.38. The van der Waals surface area contributed by atoms with Gasteiger partial charge in [0.15, 0.2) is 0 Å². The van der Waals surface area contributed by atoms with Crippen LogP contribution >= 0.6 is 0 Å². The third kappa shape index (κ3) is 4.08. The Balaban J connectivity index is 2.57. The fourth-order valence-corrected chi connectivity index (χ4v) is 2.57. The van der Waals surface area contributed by atoms with E-state index in [1.807, 2.05) is 44.2 Å². The van der Waals surface area contributed by atoms with Crippen LogP contribution in [0, 0.1) is 6.92 Å². The molecule has 0 bridgehead atoms. The molecule has 0 atom stereocenters. The molecular weight excluding hydrogens is 306 g/mol. The molecule has 6 nitrogen and oxygen atoms in total. The molecule has 24 heavy (non-hydrogen) atoms. The van der Waals surface area contributed by atoms with Gasteiger partial charge in [0, 0.05) is 35.9 Å². The van der Waals surface area contributed by atoms with Gasteiger partial charge in [-0.3, -0.25) is 14.2 Å². The van der Waals surface area contributed by atoms with Crippen molar-refractivity contribution in [2.75, 3.05) is 6.61 Å². The Labute approximate surface area is 141 Å². The van der Waals surface area contributed by atoms with E-state index < -0.39 is 0 Å². The molecule has 2 N–H and O–H groups in total. The minimum atomic E-state index is -0.283. The van der Waals surface area contributed by atoms with Crippen molar-refractivity contribution in [2.24, 2.45) is 0 Å². The zero-order valence-corrected chi connectivity index (χ0v) is 14.2. The van der Waals surface area contributed by atoms with Crippen LogP contribution in [0.4, 0.5) is 0 Å². The van der Waals surface area contributed by atoms with Crippen LogP contribution in [0.25, 0.3) is 11.4 Å². The number of aliphatic hydroxyl groups is 1. The fraction of sp³-hybridized carbons (Fsp3) is 0.389. The van der Waals surface area contributed by atoms with Gasteiger partial charge in [-0.05, 0) is 20.8 Å². The molecule has 1 heterocycles. The second kappa shape index (κ2) is 7.88. The van der Waals surface area contributed by atoms with Crippen LogP contribution in [0.15, 0.2) is 35.1 Å². The number of nitrogens with one attached hydrogen (secondary N) is 1. The van der Waals surface area contributed by atoms with Gasteiger partial charge in [-0.2, -0.15) is 0 Å². The van der Waals surface area contributed by atoms with Crippen LogP contribution in [-0.2, 0) is 17.8 Å². The molecule has 0 saturated heterocycles. The first-order valence-corrected chi connectivity index (χ1v) is 8.00. The first-order valence-electron chi connectivity index (χ1n) is 8.00. The number of benzene rings is 1. The molecule has 0 aliphatic heterocycles. The number of aromatic nitrogens is 2. The Morgan fingerprint density at radius 1 is 1.29 bits per heavy atom. The molecule has 2 aromatic rings. The summed E-state index contributed by atoms with van der Waals surface area (Å²) in [6.45, 7) is 5.23. The summed E-state index contributed by atoms with van der Waals surface area (Å²) in [4.78, 5) is 29.5. The number of aryl methyl sites for hydroxylation is 1. The molecule has 0 fully saturated rings. The van der Waals surface area contributed by atoms with Gasteiger partial charge in [-0.25, -0.2) is 4.98 Å². The van der Waals surface area contributed by atoms with E-state index in [1.54, 1.807) is 6.92 Å². The van der Waals surface area contributed by atoms with Crippen molar-refractivity contribution in [1.82, 2.24) is 14.9 Å². The zero-order chi connectivity index (χ0) is 17.7. The first-order chi connectivity index (χ1) is 11.4. The number of nitrogens with zero attached hydrogens (tertiary/aromatic N) is 2. The third-order valence-electron chi connectivity index (χ3n) is 3.61. The Bertz CT molecular complexity index is 767. The van der Waals surface area contributed by atoms with Crippen molar-refractivity contribution in [3.63, 3.8) is 0 Å². The summed E-state index contributed by atoms with van der Waals surface area (Å²) in [6, 6.07) is 9.29. The molecule has 0 aliphatic rings. The Kier molecular flexibility index (Phi) is 5.87. The number of aliphatic hydroxyl groups excluding tert-OH is 1. The van der Waals surface area contributed by atoms with Crippen molar-refractivity contribution < 1.29 is 9.90 Å². The SMILES string of the molecule is Cc1nc(-c2ccccc2)n(CC(=O)NC(C)C)c(=O)c1CCO. The average molecular weight is 329 g/mol. The van der Waals surface area contributed by atoms with Crippen LogP contribution in [0.3, 0.4) is 0 Å². The van der Waals surface area contributed by atoms with Gasteiger partial charge >= 0.3 is 0 Å². The van der Waals surface area contributed by atoms with Crippen molar-refractivity contribution in [3.05, 3.63) is 51.9 Å². The van der Waals surface area contributed by atoms with Crippen LogP contribution in [0.2, 0.25) is 0 Å². The lowest BCUT2D eigenvalue weighted by Gasteiger charge is -2.16. The van der Waals surface area contributed by atoms with Crippen LogP contribution in [0.1, 0.15) is 25.1 Å². The van der Waals surface area contributed by atoms with Gasteiger partial charge < -0.3 is 10.4 Å². The van der Waals surface area contributed by atoms with E-state index in [1.165, 1.54) is 4.57 Å².